The molecule has 0 amide bonds. The Morgan fingerprint density at radius 2 is 2.24 bits per heavy atom. The van der Waals surface area contributed by atoms with Crippen LogP contribution in [0.25, 0.3) is 0 Å². The van der Waals surface area contributed by atoms with Gasteiger partial charge in [-0.25, -0.2) is 4.79 Å². The Kier molecular flexibility index (Phi) is 5.38. The van der Waals surface area contributed by atoms with Crippen LogP contribution in [0.2, 0.25) is 0 Å². The van der Waals surface area contributed by atoms with Crippen LogP contribution in [-0.4, -0.2) is 19.6 Å². The minimum absolute atomic E-state index is 0.327. The van der Waals surface area contributed by atoms with Gasteiger partial charge in [-0.15, -0.1) is 0 Å². The molecular weight excluding hydrogens is 282 g/mol. The van der Waals surface area contributed by atoms with E-state index in [9.17, 15) is 4.79 Å². The molecule has 3 nitrogen and oxygen atoms in total. The molecule has 0 heterocycles. The fourth-order valence-electron chi connectivity index (χ4n) is 1.35. The van der Waals surface area contributed by atoms with Crippen LogP contribution in [-0.2, 0) is 11.3 Å². The molecule has 0 radical (unpaired) electrons. The van der Waals surface area contributed by atoms with Gasteiger partial charge in [-0.05, 0) is 24.6 Å². The number of carbonyl (C=O) groups excluding carboxylic acids is 1. The fourth-order valence-corrected chi connectivity index (χ4v) is 1.87. The van der Waals surface area contributed by atoms with Crippen molar-refractivity contribution in [2.24, 2.45) is 0 Å². The highest BCUT2D eigenvalue weighted by Gasteiger charge is 2.07. The van der Waals surface area contributed by atoms with Crippen molar-refractivity contribution in [2.45, 2.75) is 13.5 Å². The lowest BCUT2D eigenvalue weighted by molar-refractivity contribution is 0.0600. The van der Waals surface area contributed by atoms with E-state index in [2.05, 4.69) is 32.6 Å². The number of nitrogens with one attached hydrogen (secondary N) is 1. The van der Waals surface area contributed by atoms with Crippen LogP contribution in [0.5, 0.6) is 0 Å². The quantitative estimate of drug-likeness (QED) is 0.671. The van der Waals surface area contributed by atoms with Gasteiger partial charge in [-0.1, -0.05) is 34.1 Å². The van der Waals surface area contributed by atoms with Crippen LogP contribution in [0.1, 0.15) is 22.8 Å². The van der Waals surface area contributed by atoms with Crippen LogP contribution < -0.4 is 5.32 Å². The van der Waals surface area contributed by atoms with E-state index < -0.39 is 0 Å². The van der Waals surface area contributed by atoms with Crippen molar-refractivity contribution in [3.8, 4) is 0 Å². The van der Waals surface area contributed by atoms with Gasteiger partial charge in [0.05, 0.1) is 12.7 Å². The largest absolute Gasteiger partial charge is 0.465 e. The van der Waals surface area contributed by atoms with Crippen molar-refractivity contribution in [3.05, 3.63) is 46.0 Å². The number of hydrogen-bond donors (Lipinski definition) is 1. The summed E-state index contributed by atoms with van der Waals surface area (Å²) in [6.07, 6.45) is 0. The second-order valence-corrected chi connectivity index (χ2v) is 4.71. The van der Waals surface area contributed by atoms with E-state index in [0.29, 0.717) is 5.56 Å². The number of benzene rings is 1. The maximum absolute atomic E-state index is 11.3. The number of rotatable bonds is 5. The van der Waals surface area contributed by atoms with Gasteiger partial charge < -0.3 is 10.1 Å². The summed E-state index contributed by atoms with van der Waals surface area (Å²) in [7, 11) is 1.37. The lowest BCUT2D eigenvalue weighted by atomic mass is 10.1. The average molecular weight is 298 g/mol. The van der Waals surface area contributed by atoms with Gasteiger partial charge in [0.1, 0.15) is 0 Å². The monoisotopic (exact) mass is 297 g/mol. The molecule has 1 aromatic rings. The first kappa shape index (κ1) is 13.9. The fraction of sp³-hybridized carbons (Fsp3) is 0.308. The van der Waals surface area contributed by atoms with E-state index in [1.165, 1.54) is 7.11 Å². The van der Waals surface area contributed by atoms with Gasteiger partial charge in [0.15, 0.2) is 0 Å². The predicted molar refractivity (Wildman–Crippen MR) is 72.0 cm³/mol. The summed E-state index contributed by atoms with van der Waals surface area (Å²) < 4.78 is 5.55. The van der Waals surface area contributed by atoms with Gasteiger partial charge in [-0.2, -0.15) is 0 Å². The van der Waals surface area contributed by atoms with Crippen LogP contribution in [0, 0.1) is 0 Å². The number of methoxy groups -OCH3 is 1. The Morgan fingerprint density at radius 1 is 1.53 bits per heavy atom. The SMILES string of the molecule is C=C(C)CNCc1ccc(C(=O)OC)cc1Br. The molecule has 0 aromatic heterocycles. The zero-order valence-electron chi connectivity index (χ0n) is 10.0. The highest BCUT2D eigenvalue weighted by molar-refractivity contribution is 9.10. The molecule has 0 aliphatic carbocycles. The molecule has 0 aliphatic rings. The zero-order valence-corrected chi connectivity index (χ0v) is 11.6. The van der Waals surface area contributed by atoms with E-state index in [4.69, 9.17) is 0 Å². The topological polar surface area (TPSA) is 38.3 Å². The van der Waals surface area contributed by atoms with Crippen molar-refractivity contribution in [1.82, 2.24) is 5.32 Å². The first-order chi connectivity index (χ1) is 8.04. The number of halogens is 1. The molecule has 0 fully saturated rings. The molecule has 92 valence electrons. The van der Waals surface area contributed by atoms with Crippen molar-refractivity contribution < 1.29 is 9.53 Å². The summed E-state index contributed by atoms with van der Waals surface area (Å²) in [6.45, 7) is 7.31. The van der Waals surface area contributed by atoms with Crippen molar-refractivity contribution in [1.29, 1.82) is 0 Å². The van der Waals surface area contributed by atoms with Crippen molar-refractivity contribution in [3.63, 3.8) is 0 Å². The molecule has 1 aromatic carbocycles. The van der Waals surface area contributed by atoms with Crippen LogP contribution in [0.3, 0.4) is 0 Å². The number of hydrogen-bond acceptors (Lipinski definition) is 3. The molecule has 4 heteroatoms. The summed E-state index contributed by atoms with van der Waals surface area (Å²) in [4.78, 5) is 11.3. The van der Waals surface area contributed by atoms with E-state index in [0.717, 1.165) is 28.7 Å². The van der Waals surface area contributed by atoms with Gasteiger partial charge in [0.25, 0.3) is 0 Å². The highest BCUT2D eigenvalue weighted by atomic mass is 79.9. The van der Waals surface area contributed by atoms with Crippen LogP contribution >= 0.6 is 15.9 Å². The second kappa shape index (κ2) is 6.57. The van der Waals surface area contributed by atoms with Crippen molar-refractivity contribution in [2.75, 3.05) is 13.7 Å². The third-order valence-electron chi connectivity index (χ3n) is 2.22. The minimum atomic E-state index is -0.327. The summed E-state index contributed by atoms with van der Waals surface area (Å²) in [6, 6.07) is 5.43. The molecule has 0 unspecified atom stereocenters. The minimum Gasteiger partial charge on any atom is -0.465 e. The molecule has 1 N–H and O–H groups in total. The Morgan fingerprint density at radius 3 is 2.76 bits per heavy atom. The second-order valence-electron chi connectivity index (χ2n) is 3.86. The van der Waals surface area contributed by atoms with Crippen molar-refractivity contribution >= 4 is 21.9 Å². The van der Waals surface area contributed by atoms with Gasteiger partial charge in [0, 0.05) is 17.6 Å². The van der Waals surface area contributed by atoms with E-state index >= 15 is 0 Å². The van der Waals surface area contributed by atoms with Gasteiger partial charge in [0.2, 0.25) is 0 Å². The lowest BCUT2D eigenvalue weighted by Crippen LogP contribution is -2.15. The Bertz CT molecular complexity index is 429. The molecule has 0 aliphatic heterocycles. The molecule has 0 spiro atoms. The third-order valence-corrected chi connectivity index (χ3v) is 2.95. The molecule has 1 rings (SSSR count). The average Bonchev–Trinajstić information content (AvgIpc) is 2.29. The van der Waals surface area contributed by atoms with E-state index in [1.807, 2.05) is 13.0 Å². The van der Waals surface area contributed by atoms with E-state index in [-0.39, 0.29) is 5.97 Å². The van der Waals surface area contributed by atoms with Crippen LogP contribution in [0.15, 0.2) is 34.8 Å². The summed E-state index contributed by atoms with van der Waals surface area (Å²) in [5.41, 5.74) is 2.73. The maximum atomic E-state index is 11.3. The normalized spacial score (nSPS) is 10.1. The molecule has 0 saturated carbocycles. The summed E-state index contributed by atoms with van der Waals surface area (Å²) >= 11 is 3.44. The Balaban J connectivity index is 2.69. The standard InChI is InChI=1S/C13H16BrNO2/c1-9(2)7-15-8-11-5-4-10(6-12(11)14)13(16)17-3/h4-6,15H,1,7-8H2,2-3H3. The molecule has 17 heavy (non-hydrogen) atoms. The smallest absolute Gasteiger partial charge is 0.337 e. The third kappa shape index (κ3) is 4.32. The number of esters is 1. The summed E-state index contributed by atoms with van der Waals surface area (Å²) in [5.74, 6) is -0.327. The first-order valence-electron chi connectivity index (χ1n) is 5.26. The molecule has 0 bridgehead atoms. The molecular formula is C13H16BrNO2. The van der Waals surface area contributed by atoms with Gasteiger partial charge in [-0.3, -0.25) is 0 Å². The molecule has 0 saturated heterocycles. The number of carbonyl (C=O) groups is 1. The highest BCUT2D eigenvalue weighted by Crippen LogP contribution is 2.19. The van der Waals surface area contributed by atoms with E-state index in [1.54, 1.807) is 12.1 Å². The van der Waals surface area contributed by atoms with Gasteiger partial charge >= 0.3 is 5.97 Å². The summed E-state index contributed by atoms with van der Waals surface area (Å²) in [5, 5.41) is 3.26. The van der Waals surface area contributed by atoms with Crippen LogP contribution in [0.4, 0.5) is 0 Å². The Hall–Kier alpha value is -1.13. The maximum Gasteiger partial charge on any atom is 0.337 e. The first-order valence-corrected chi connectivity index (χ1v) is 6.05. The zero-order chi connectivity index (χ0) is 12.8. The Labute approximate surface area is 110 Å². The predicted octanol–water partition coefficient (Wildman–Crippen LogP) is 2.90. The number of ether oxygens (including phenoxy) is 1. The lowest BCUT2D eigenvalue weighted by Gasteiger charge is -2.08. The molecule has 0 atom stereocenters.